The first-order valence-corrected chi connectivity index (χ1v) is 8.00. The smallest absolute Gasteiger partial charge is 0.115 e. The van der Waals surface area contributed by atoms with Gasteiger partial charge in [0.2, 0.25) is 0 Å². The van der Waals surface area contributed by atoms with Gasteiger partial charge in [-0.25, -0.2) is 0 Å². The Morgan fingerprint density at radius 3 is 2.13 bits per heavy atom. The molecule has 0 bridgehead atoms. The second kappa shape index (κ2) is 5.44. The van der Waals surface area contributed by atoms with Crippen LogP contribution < -0.4 is 0 Å². The SMILES string of the molecule is CCc1ccc2cc3ccccc3cc2c1-c1ccc(O)cc1. The zero-order valence-electron chi connectivity index (χ0n) is 13.1. The Kier molecular flexibility index (Phi) is 3.27. The minimum absolute atomic E-state index is 0.303. The van der Waals surface area contributed by atoms with E-state index >= 15 is 0 Å². The Morgan fingerprint density at radius 2 is 1.43 bits per heavy atom. The van der Waals surface area contributed by atoms with E-state index in [9.17, 15) is 5.11 Å². The first-order chi connectivity index (χ1) is 11.3. The third-order valence-corrected chi connectivity index (χ3v) is 4.51. The molecule has 0 unspecified atom stereocenters. The van der Waals surface area contributed by atoms with Gasteiger partial charge in [0.05, 0.1) is 0 Å². The lowest BCUT2D eigenvalue weighted by molar-refractivity contribution is 0.475. The average molecular weight is 298 g/mol. The normalized spacial score (nSPS) is 11.2. The molecule has 0 aromatic heterocycles. The lowest BCUT2D eigenvalue weighted by Gasteiger charge is -2.14. The summed E-state index contributed by atoms with van der Waals surface area (Å²) >= 11 is 0. The number of phenolic OH excluding ortho intramolecular Hbond substituents is 1. The van der Waals surface area contributed by atoms with Gasteiger partial charge in [-0.15, -0.1) is 0 Å². The van der Waals surface area contributed by atoms with Crippen molar-refractivity contribution < 1.29 is 5.11 Å². The van der Waals surface area contributed by atoms with Crippen molar-refractivity contribution in [3.63, 3.8) is 0 Å². The Bertz CT molecular complexity index is 997. The van der Waals surface area contributed by atoms with Crippen molar-refractivity contribution in [3.8, 4) is 16.9 Å². The van der Waals surface area contributed by atoms with Crippen molar-refractivity contribution in [2.45, 2.75) is 13.3 Å². The molecule has 1 nitrogen and oxygen atoms in total. The molecule has 1 N–H and O–H groups in total. The molecule has 0 saturated heterocycles. The third-order valence-electron chi connectivity index (χ3n) is 4.51. The molecule has 0 aliphatic rings. The van der Waals surface area contributed by atoms with Gasteiger partial charge in [-0.3, -0.25) is 0 Å². The number of phenols is 1. The number of aryl methyl sites for hydroxylation is 1. The van der Waals surface area contributed by atoms with Gasteiger partial charge < -0.3 is 5.11 Å². The van der Waals surface area contributed by atoms with Crippen LogP contribution >= 0.6 is 0 Å². The second-order valence-electron chi connectivity index (χ2n) is 5.92. The molecule has 0 spiro atoms. The predicted molar refractivity (Wildman–Crippen MR) is 97.9 cm³/mol. The van der Waals surface area contributed by atoms with Crippen molar-refractivity contribution in [2.75, 3.05) is 0 Å². The van der Waals surface area contributed by atoms with Crippen molar-refractivity contribution in [2.24, 2.45) is 0 Å². The fraction of sp³-hybridized carbons (Fsp3) is 0.0909. The molecule has 112 valence electrons. The van der Waals surface area contributed by atoms with E-state index in [0.29, 0.717) is 5.75 Å². The zero-order chi connectivity index (χ0) is 15.8. The van der Waals surface area contributed by atoms with Gasteiger partial charge in [-0.2, -0.15) is 0 Å². The number of fused-ring (bicyclic) bond motifs is 2. The number of benzene rings is 4. The summed E-state index contributed by atoms with van der Waals surface area (Å²) in [5, 5.41) is 14.6. The topological polar surface area (TPSA) is 20.2 Å². The second-order valence-corrected chi connectivity index (χ2v) is 5.92. The molecule has 0 aliphatic heterocycles. The fourth-order valence-electron chi connectivity index (χ4n) is 3.32. The summed E-state index contributed by atoms with van der Waals surface area (Å²) in [4.78, 5) is 0. The van der Waals surface area contributed by atoms with Crippen LogP contribution in [0.1, 0.15) is 12.5 Å². The van der Waals surface area contributed by atoms with Gasteiger partial charge in [0.25, 0.3) is 0 Å². The molecule has 0 amide bonds. The number of rotatable bonds is 2. The third kappa shape index (κ3) is 2.35. The zero-order valence-corrected chi connectivity index (χ0v) is 13.1. The van der Waals surface area contributed by atoms with Crippen LogP contribution in [0.15, 0.2) is 72.8 Å². The van der Waals surface area contributed by atoms with Crippen LogP contribution in [-0.2, 0) is 6.42 Å². The van der Waals surface area contributed by atoms with Crippen LogP contribution in [0.4, 0.5) is 0 Å². The molecular formula is C22H18O. The van der Waals surface area contributed by atoms with E-state index in [1.54, 1.807) is 12.1 Å². The van der Waals surface area contributed by atoms with Crippen molar-refractivity contribution in [1.29, 1.82) is 0 Å². The van der Waals surface area contributed by atoms with Gasteiger partial charge in [0, 0.05) is 0 Å². The molecule has 4 aromatic carbocycles. The Balaban J connectivity index is 2.10. The highest BCUT2D eigenvalue weighted by Gasteiger charge is 2.10. The number of aromatic hydroxyl groups is 1. The number of hydrogen-bond donors (Lipinski definition) is 1. The summed E-state index contributed by atoms with van der Waals surface area (Å²) in [6, 6.07) is 25.0. The van der Waals surface area contributed by atoms with E-state index in [1.165, 1.54) is 32.7 Å². The van der Waals surface area contributed by atoms with Crippen molar-refractivity contribution >= 4 is 21.5 Å². The molecule has 0 saturated carbocycles. The van der Waals surface area contributed by atoms with Crippen LogP contribution in [0, 0.1) is 0 Å². The fourth-order valence-corrected chi connectivity index (χ4v) is 3.32. The Labute approximate surface area is 135 Å². The van der Waals surface area contributed by atoms with Crippen molar-refractivity contribution in [1.82, 2.24) is 0 Å². The largest absolute Gasteiger partial charge is 0.508 e. The molecule has 1 heteroatoms. The molecule has 4 rings (SSSR count). The summed E-state index contributed by atoms with van der Waals surface area (Å²) in [7, 11) is 0. The minimum atomic E-state index is 0.303. The maximum absolute atomic E-state index is 9.58. The highest BCUT2D eigenvalue weighted by molar-refractivity contribution is 6.05. The summed E-state index contributed by atoms with van der Waals surface area (Å²) in [6.45, 7) is 2.19. The quantitative estimate of drug-likeness (QED) is 0.455. The average Bonchev–Trinajstić information content (AvgIpc) is 2.60. The van der Waals surface area contributed by atoms with Gasteiger partial charge >= 0.3 is 0 Å². The van der Waals surface area contributed by atoms with E-state index in [2.05, 4.69) is 55.5 Å². The molecular weight excluding hydrogens is 280 g/mol. The van der Waals surface area contributed by atoms with Gasteiger partial charge in [0.1, 0.15) is 5.75 Å². The van der Waals surface area contributed by atoms with E-state index in [0.717, 1.165) is 12.0 Å². The summed E-state index contributed by atoms with van der Waals surface area (Å²) in [5.74, 6) is 0.303. The monoisotopic (exact) mass is 298 g/mol. The Hall–Kier alpha value is -2.80. The summed E-state index contributed by atoms with van der Waals surface area (Å²) in [6.07, 6.45) is 0.985. The van der Waals surface area contributed by atoms with E-state index in [1.807, 2.05) is 12.1 Å². The van der Waals surface area contributed by atoms with Crippen LogP contribution in [0.3, 0.4) is 0 Å². The molecule has 0 aliphatic carbocycles. The van der Waals surface area contributed by atoms with E-state index in [4.69, 9.17) is 0 Å². The molecule has 0 heterocycles. The standard InChI is InChI=1S/C22H18O/c1-2-15-7-8-19-13-17-5-3-4-6-18(17)14-21(19)22(15)16-9-11-20(23)12-10-16/h3-14,23H,2H2,1H3. The summed E-state index contributed by atoms with van der Waals surface area (Å²) < 4.78 is 0. The molecule has 0 radical (unpaired) electrons. The molecule has 4 aromatic rings. The van der Waals surface area contributed by atoms with Crippen molar-refractivity contribution in [3.05, 3.63) is 78.4 Å². The van der Waals surface area contributed by atoms with Crippen LogP contribution in [0.25, 0.3) is 32.7 Å². The minimum Gasteiger partial charge on any atom is -0.508 e. The van der Waals surface area contributed by atoms with Gasteiger partial charge in [-0.1, -0.05) is 55.5 Å². The lowest BCUT2D eigenvalue weighted by atomic mass is 9.90. The first-order valence-electron chi connectivity index (χ1n) is 8.00. The van der Waals surface area contributed by atoms with E-state index in [-0.39, 0.29) is 0 Å². The molecule has 0 atom stereocenters. The highest BCUT2D eigenvalue weighted by atomic mass is 16.3. The summed E-state index contributed by atoms with van der Waals surface area (Å²) in [5.41, 5.74) is 3.76. The van der Waals surface area contributed by atoms with Crippen LogP contribution in [0.2, 0.25) is 0 Å². The highest BCUT2D eigenvalue weighted by Crippen LogP contribution is 2.35. The lowest BCUT2D eigenvalue weighted by Crippen LogP contribution is -1.90. The predicted octanol–water partition coefficient (Wildman–Crippen LogP) is 5.93. The maximum Gasteiger partial charge on any atom is 0.115 e. The molecule has 23 heavy (non-hydrogen) atoms. The number of hydrogen-bond acceptors (Lipinski definition) is 1. The van der Waals surface area contributed by atoms with Crippen LogP contribution in [-0.4, -0.2) is 5.11 Å². The maximum atomic E-state index is 9.58. The Morgan fingerprint density at radius 1 is 0.739 bits per heavy atom. The van der Waals surface area contributed by atoms with Gasteiger partial charge in [0.15, 0.2) is 0 Å². The first kappa shape index (κ1) is 13.8. The molecule has 0 fully saturated rings. The van der Waals surface area contributed by atoms with Crippen LogP contribution in [0.5, 0.6) is 5.75 Å². The van der Waals surface area contributed by atoms with Gasteiger partial charge in [-0.05, 0) is 68.9 Å². The van der Waals surface area contributed by atoms with E-state index < -0.39 is 0 Å².